The molecule has 144 valence electrons. The average Bonchev–Trinajstić information content (AvgIpc) is 2.72. The van der Waals surface area contributed by atoms with Crippen LogP contribution in [0.5, 0.6) is 0 Å². The number of benzene rings is 2. The Morgan fingerprint density at radius 2 is 1.64 bits per heavy atom. The van der Waals surface area contributed by atoms with Crippen molar-refractivity contribution < 1.29 is 9.59 Å². The van der Waals surface area contributed by atoms with Crippen molar-refractivity contribution in [3.05, 3.63) is 65.4 Å². The number of piperidine rings is 1. The van der Waals surface area contributed by atoms with Gasteiger partial charge in [-0.05, 0) is 37.5 Å². The summed E-state index contributed by atoms with van der Waals surface area (Å²) < 4.78 is 0. The number of allylic oxidation sites excluding steroid dienone is 2. The highest BCUT2D eigenvalue weighted by molar-refractivity contribution is 6.25. The second-order valence-electron chi connectivity index (χ2n) is 7.57. The zero-order valence-electron chi connectivity index (χ0n) is 16.4. The highest BCUT2D eigenvalue weighted by Gasteiger charge is 2.26. The highest BCUT2D eigenvalue weighted by atomic mass is 16.1. The van der Waals surface area contributed by atoms with Gasteiger partial charge < -0.3 is 15.1 Å². The van der Waals surface area contributed by atoms with Crippen molar-refractivity contribution in [2.75, 3.05) is 42.3 Å². The first-order valence-corrected chi connectivity index (χ1v) is 9.78. The minimum absolute atomic E-state index is 0.137. The molecule has 2 aliphatic rings. The summed E-state index contributed by atoms with van der Waals surface area (Å²) in [4.78, 5) is 29.8. The number of hydrogen-bond acceptors (Lipinski definition) is 5. The first-order valence-electron chi connectivity index (χ1n) is 9.78. The Bertz CT molecular complexity index is 956. The maximum atomic E-state index is 12.9. The van der Waals surface area contributed by atoms with Crippen LogP contribution in [0.2, 0.25) is 0 Å². The van der Waals surface area contributed by atoms with Crippen molar-refractivity contribution in [1.82, 2.24) is 0 Å². The van der Waals surface area contributed by atoms with E-state index in [1.54, 1.807) is 24.3 Å². The molecule has 5 nitrogen and oxygen atoms in total. The maximum absolute atomic E-state index is 12.9. The van der Waals surface area contributed by atoms with E-state index in [9.17, 15) is 9.59 Å². The Morgan fingerprint density at radius 1 is 0.929 bits per heavy atom. The van der Waals surface area contributed by atoms with Crippen molar-refractivity contribution in [1.29, 1.82) is 0 Å². The second-order valence-corrected chi connectivity index (χ2v) is 7.57. The van der Waals surface area contributed by atoms with Gasteiger partial charge in [-0.3, -0.25) is 9.59 Å². The molecule has 2 aromatic carbocycles. The lowest BCUT2D eigenvalue weighted by molar-refractivity contribution is 0.0985. The molecule has 0 atom stereocenters. The molecule has 1 fully saturated rings. The van der Waals surface area contributed by atoms with E-state index in [0.717, 1.165) is 30.2 Å². The van der Waals surface area contributed by atoms with Gasteiger partial charge in [-0.2, -0.15) is 0 Å². The van der Waals surface area contributed by atoms with E-state index in [4.69, 9.17) is 0 Å². The van der Waals surface area contributed by atoms with Gasteiger partial charge in [-0.15, -0.1) is 0 Å². The molecule has 28 heavy (non-hydrogen) atoms. The smallest absolute Gasteiger partial charge is 0.210 e. The van der Waals surface area contributed by atoms with Gasteiger partial charge in [0.25, 0.3) is 0 Å². The van der Waals surface area contributed by atoms with Crippen molar-refractivity contribution in [2.24, 2.45) is 0 Å². The number of rotatable bonds is 4. The molecule has 0 spiro atoms. The van der Waals surface area contributed by atoms with E-state index in [0.29, 0.717) is 16.8 Å². The highest BCUT2D eigenvalue weighted by Crippen LogP contribution is 2.34. The minimum atomic E-state index is -0.142. The van der Waals surface area contributed by atoms with Crippen LogP contribution in [-0.4, -0.2) is 38.8 Å². The molecule has 0 radical (unpaired) electrons. The normalized spacial score (nSPS) is 16.5. The molecule has 5 heteroatoms. The number of Topliss-reactive ketones (excluding diaryl/α,β-unsaturated/α-hetero) is 1. The number of carbonyl (C=O) groups is 2. The molecule has 2 aromatic rings. The van der Waals surface area contributed by atoms with Gasteiger partial charge in [-0.1, -0.05) is 24.3 Å². The molecular weight excluding hydrogens is 350 g/mol. The standard InChI is InChI=1S/C23H25N3O2/c1-25(2)16-10-11-19(21(14-16)26-12-6-3-7-13-26)24-20-15-22(27)17-8-4-5-9-18(17)23(20)28/h4-5,8-11,14-15,24H,3,6-7,12-13H2,1-2H3. The largest absolute Gasteiger partial charge is 0.378 e. The van der Waals surface area contributed by atoms with Crippen LogP contribution in [0.1, 0.15) is 40.0 Å². The average molecular weight is 375 g/mol. The van der Waals surface area contributed by atoms with E-state index in [1.807, 2.05) is 26.2 Å². The summed E-state index contributed by atoms with van der Waals surface area (Å²) in [6, 6.07) is 13.2. The maximum Gasteiger partial charge on any atom is 0.210 e. The Balaban J connectivity index is 1.69. The SMILES string of the molecule is CN(C)c1ccc(NC2=CC(=O)c3ccccc3C2=O)c(N2CCCCC2)c1. The van der Waals surface area contributed by atoms with E-state index in [-0.39, 0.29) is 11.6 Å². The topological polar surface area (TPSA) is 52.7 Å². The second kappa shape index (κ2) is 7.50. The number of anilines is 3. The van der Waals surface area contributed by atoms with Crippen molar-refractivity contribution in [2.45, 2.75) is 19.3 Å². The van der Waals surface area contributed by atoms with Crippen molar-refractivity contribution in [3.8, 4) is 0 Å². The van der Waals surface area contributed by atoms with E-state index >= 15 is 0 Å². The Morgan fingerprint density at radius 3 is 2.36 bits per heavy atom. The van der Waals surface area contributed by atoms with Gasteiger partial charge in [0.1, 0.15) is 0 Å². The van der Waals surface area contributed by atoms with E-state index < -0.39 is 0 Å². The fourth-order valence-electron chi connectivity index (χ4n) is 3.85. The third-order valence-electron chi connectivity index (χ3n) is 5.42. The number of hydrogen-bond donors (Lipinski definition) is 1. The summed E-state index contributed by atoms with van der Waals surface area (Å²) in [5.74, 6) is -0.279. The van der Waals surface area contributed by atoms with E-state index in [2.05, 4.69) is 21.2 Å². The lowest BCUT2D eigenvalue weighted by Gasteiger charge is -2.32. The summed E-state index contributed by atoms with van der Waals surface area (Å²) in [5.41, 5.74) is 4.31. The molecule has 1 saturated heterocycles. The molecule has 0 unspecified atom stereocenters. The molecule has 1 heterocycles. The minimum Gasteiger partial charge on any atom is -0.378 e. The van der Waals surface area contributed by atoms with Crippen LogP contribution in [0.25, 0.3) is 0 Å². The lowest BCUT2D eigenvalue weighted by Crippen LogP contribution is -2.30. The quantitative estimate of drug-likeness (QED) is 0.871. The van der Waals surface area contributed by atoms with Crippen molar-refractivity contribution in [3.63, 3.8) is 0 Å². The van der Waals surface area contributed by atoms with Gasteiger partial charge in [0, 0.05) is 50.1 Å². The number of nitrogens with one attached hydrogen (secondary N) is 1. The van der Waals surface area contributed by atoms with E-state index in [1.165, 1.54) is 25.3 Å². The fraction of sp³-hybridized carbons (Fsp3) is 0.304. The van der Waals surface area contributed by atoms with Crippen LogP contribution < -0.4 is 15.1 Å². The Hall–Kier alpha value is -3.08. The Kier molecular flexibility index (Phi) is 4.90. The van der Waals surface area contributed by atoms with Crippen LogP contribution in [0, 0.1) is 0 Å². The molecule has 1 aliphatic heterocycles. The first-order chi connectivity index (χ1) is 13.5. The summed E-state index contributed by atoms with van der Waals surface area (Å²) in [7, 11) is 4.04. The molecule has 0 amide bonds. The van der Waals surface area contributed by atoms with Crippen LogP contribution in [0.3, 0.4) is 0 Å². The number of carbonyl (C=O) groups excluding carboxylic acids is 2. The molecular formula is C23H25N3O2. The predicted molar refractivity (Wildman–Crippen MR) is 114 cm³/mol. The third-order valence-corrected chi connectivity index (χ3v) is 5.42. The molecule has 0 bridgehead atoms. The van der Waals surface area contributed by atoms with Crippen LogP contribution in [0.15, 0.2) is 54.2 Å². The van der Waals surface area contributed by atoms with Crippen LogP contribution >= 0.6 is 0 Å². The number of fused-ring (bicyclic) bond motifs is 1. The van der Waals surface area contributed by atoms with Gasteiger partial charge >= 0.3 is 0 Å². The summed E-state index contributed by atoms with van der Waals surface area (Å²) in [5, 5.41) is 3.26. The van der Waals surface area contributed by atoms with Gasteiger partial charge in [0.15, 0.2) is 5.78 Å². The lowest BCUT2D eigenvalue weighted by atomic mass is 9.92. The fourth-order valence-corrected chi connectivity index (χ4v) is 3.85. The summed E-state index contributed by atoms with van der Waals surface area (Å²) >= 11 is 0. The van der Waals surface area contributed by atoms with Gasteiger partial charge in [0.2, 0.25) is 5.78 Å². The van der Waals surface area contributed by atoms with Crippen molar-refractivity contribution >= 4 is 28.6 Å². The van der Waals surface area contributed by atoms with Crippen LogP contribution in [-0.2, 0) is 0 Å². The zero-order valence-corrected chi connectivity index (χ0v) is 16.4. The third kappa shape index (κ3) is 3.40. The van der Waals surface area contributed by atoms with Crippen LogP contribution in [0.4, 0.5) is 17.1 Å². The Labute approximate surface area is 165 Å². The summed E-state index contributed by atoms with van der Waals surface area (Å²) in [6.07, 6.45) is 5.00. The number of nitrogens with zero attached hydrogens (tertiary/aromatic N) is 2. The molecule has 4 rings (SSSR count). The predicted octanol–water partition coefficient (Wildman–Crippen LogP) is 4.12. The molecule has 1 N–H and O–H groups in total. The number of ketones is 2. The van der Waals surface area contributed by atoms with Gasteiger partial charge in [0.05, 0.1) is 17.1 Å². The monoisotopic (exact) mass is 375 g/mol. The van der Waals surface area contributed by atoms with Gasteiger partial charge in [-0.25, -0.2) is 0 Å². The zero-order chi connectivity index (χ0) is 19.7. The first kappa shape index (κ1) is 18.3. The molecule has 0 aromatic heterocycles. The summed E-state index contributed by atoms with van der Waals surface area (Å²) in [6.45, 7) is 2.00. The molecule has 1 aliphatic carbocycles. The molecule has 0 saturated carbocycles.